The van der Waals surface area contributed by atoms with Crippen molar-refractivity contribution >= 4 is 23.1 Å². The topological polar surface area (TPSA) is 58.6 Å². The molecule has 0 saturated carbocycles. The number of allylic oxidation sites excluding steroid dienone is 3. The molecule has 1 aliphatic heterocycles. The highest BCUT2D eigenvalue weighted by molar-refractivity contribution is 6.01. The summed E-state index contributed by atoms with van der Waals surface area (Å²) in [6, 6.07) is 7.90. The Hall–Kier alpha value is -2.56. The van der Waals surface area contributed by atoms with Crippen LogP contribution in [-0.2, 0) is 14.3 Å². The number of ether oxygens (including phenoxy) is 1. The lowest BCUT2D eigenvalue weighted by Crippen LogP contribution is -2.48. The Balaban J connectivity index is 1.89. The van der Waals surface area contributed by atoms with Crippen LogP contribution in [0.1, 0.15) is 46.0 Å². The quantitative estimate of drug-likeness (QED) is 0.606. The van der Waals surface area contributed by atoms with Crippen LogP contribution in [0.3, 0.4) is 0 Å². The SMILES string of the molecule is COC(=O)CN1c2ccccc2NC2=C(C(=O)CC(C)(C)C2)[C@H]1[C@@H]1CC=CCC1. The second-order valence-corrected chi connectivity index (χ2v) is 9.17. The minimum absolute atomic E-state index is 0.0770. The Morgan fingerprint density at radius 3 is 2.76 bits per heavy atom. The smallest absolute Gasteiger partial charge is 0.325 e. The van der Waals surface area contributed by atoms with Crippen LogP contribution in [-0.4, -0.2) is 31.4 Å². The van der Waals surface area contributed by atoms with E-state index in [9.17, 15) is 9.59 Å². The monoisotopic (exact) mass is 394 g/mol. The zero-order valence-corrected chi connectivity index (χ0v) is 17.5. The largest absolute Gasteiger partial charge is 0.468 e. The van der Waals surface area contributed by atoms with E-state index in [1.165, 1.54) is 7.11 Å². The molecule has 0 radical (unpaired) electrons. The number of benzene rings is 1. The number of Topliss-reactive ketones (excluding diaryl/α,β-unsaturated/α-hetero) is 1. The zero-order chi connectivity index (χ0) is 20.6. The Labute approximate surface area is 172 Å². The van der Waals surface area contributed by atoms with Crippen molar-refractivity contribution in [2.75, 3.05) is 23.9 Å². The van der Waals surface area contributed by atoms with Crippen molar-refractivity contribution < 1.29 is 14.3 Å². The van der Waals surface area contributed by atoms with Crippen LogP contribution in [0.5, 0.6) is 0 Å². The maximum atomic E-state index is 13.4. The molecular weight excluding hydrogens is 364 g/mol. The van der Waals surface area contributed by atoms with E-state index in [1.54, 1.807) is 0 Å². The lowest BCUT2D eigenvalue weighted by atomic mass is 9.71. The highest BCUT2D eigenvalue weighted by Gasteiger charge is 2.43. The molecule has 0 fully saturated rings. The molecule has 0 spiro atoms. The van der Waals surface area contributed by atoms with Gasteiger partial charge in [0.2, 0.25) is 0 Å². The molecule has 0 aromatic heterocycles. The molecular formula is C24H30N2O3. The Kier molecular flexibility index (Phi) is 5.24. The van der Waals surface area contributed by atoms with Gasteiger partial charge in [-0.1, -0.05) is 38.1 Å². The van der Waals surface area contributed by atoms with Crippen LogP contribution in [0.15, 0.2) is 47.7 Å². The third-order valence-electron chi connectivity index (χ3n) is 6.33. The van der Waals surface area contributed by atoms with Crippen LogP contribution in [0.4, 0.5) is 11.4 Å². The molecule has 0 amide bonds. The molecule has 0 bridgehead atoms. The molecule has 154 valence electrons. The molecule has 5 nitrogen and oxygen atoms in total. The summed E-state index contributed by atoms with van der Waals surface area (Å²) in [4.78, 5) is 27.9. The fourth-order valence-electron chi connectivity index (χ4n) is 5.07. The third kappa shape index (κ3) is 3.83. The first kappa shape index (κ1) is 19.7. The number of methoxy groups -OCH3 is 1. The minimum atomic E-state index is -0.288. The van der Waals surface area contributed by atoms with E-state index >= 15 is 0 Å². The highest BCUT2D eigenvalue weighted by atomic mass is 16.5. The highest BCUT2D eigenvalue weighted by Crippen LogP contribution is 2.46. The number of carbonyl (C=O) groups excluding carboxylic acids is 2. The molecule has 29 heavy (non-hydrogen) atoms. The number of ketones is 1. The zero-order valence-electron chi connectivity index (χ0n) is 17.5. The molecule has 1 N–H and O–H groups in total. The number of fused-ring (bicyclic) bond motifs is 1. The van der Waals surface area contributed by atoms with Crippen LogP contribution < -0.4 is 10.2 Å². The maximum Gasteiger partial charge on any atom is 0.325 e. The van der Waals surface area contributed by atoms with Crippen LogP contribution in [0, 0.1) is 11.3 Å². The summed E-state index contributed by atoms with van der Waals surface area (Å²) in [5, 5.41) is 3.58. The Morgan fingerprint density at radius 1 is 1.24 bits per heavy atom. The molecule has 0 saturated heterocycles. The Bertz CT molecular complexity index is 884. The van der Waals surface area contributed by atoms with Gasteiger partial charge in [-0.2, -0.15) is 0 Å². The summed E-state index contributed by atoms with van der Waals surface area (Å²) < 4.78 is 5.02. The van der Waals surface area contributed by atoms with Gasteiger partial charge in [-0.25, -0.2) is 0 Å². The van der Waals surface area contributed by atoms with Gasteiger partial charge in [0, 0.05) is 17.7 Å². The number of hydrogen-bond donors (Lipinski definition) is 1. The number of carbonyl (C=O) groups is 2. The molecule has 2 aliphatic carbocycles. The van der Waals surface area contributed by atoms with Gasteiger partial charge in [0.1, 0.15) is 6.54 Å². The predicted molar refractivity (Wildman–Crippen MR) is 115 cm³/mol. The van der Waals surface area contributed by atoms with Crippen LogP contribution in [0.25, 0.3) is 0 Å². The molecule has 1 aromatic rings. The number of esters is 1. The van der Waals surface area contributed by atoms with Gasteiger partial charge in [-0.15, -0.1) is 0 Å². The van der Waals surface area contributed by atoms with Gasteiger partial charge >= 0.3 is 5.97 Å². The normalized spacial score (nSPS) is 25.6. The summed E-state index contributed by atoms with van der Waals surface area (Å²) in [6.45, 7) is 4.43. The van der Waals surface area contributed by atoms with Crippen molar-refractivity contribution in [2.45, 2.75) is 52.0 Å². The van der Waals surface area contributed by atoms with E-state index in [-0.39, 0.29) is 35.7 Å². The van der Waals surface area contributed by atoms with Crippen molar-refractivity contribution in [3.63, 3.8) is 0 Å². The number of nitrogens with one attached hydrogen (secondary N) is 1. The Morgan fingerprint density at radius 2 is 2.03 bits per heavy atom. The fraction of sp³-hybridized carbons (Fsp3) is 0.500. The summed E-state index contributed by atoms with van der Waals surface area (Å²) in [6.07, 6.45) is 8.72. The van der Waals surface area contributed by atoms with Crippen molar-refractivity contribution in [1.29, 1.82) is 0 Å². The average molecular weight is 395 g/mol. The molecule has 1 aromatic carbocycles. The second kappa shape index (κ2) is 7.69. The van der Waals surface area contributed by atoms with E-state index in [0.717, 1.165) is 48.3 Å². The molecule has 2 atom stereocenters. The van der Waals surface area contributed by atoms with Crippen LogP contribution >= 0.6 is 0 Å². The standard InChI is InChI=1S/C24H30N2O3/c1-24(2)13-18-22(20(27)14-24)23(16-9-5-4-6-10-16)26(15-21(28)29-3)19-12-8-7-11-17(19)25-18/h4-5,7-8,11-12,16,23,25H,6,9-10,13-15H2,1-3H3/t16-,23-/m1/s1. The average Bonchev–Trinajstić information content (AvgIpc) is 2.82. The van der Waals surface area contributed by atoms with E-state index < -0.39 is 0 Å². The van der Waals surface area contributed by atoms with Gasteiger partial charge < -0.3 is 15.0 Å². The number of hydrogen-bond acceptors (Lipinski definition) is 5. The molecule has 4 rings (SSSR count). The van der Waals surface area contributed by atoms with Gasteiger partial charge in [-0.05, 0) is 49.1 Å². The van der Waals surface area contributed by atoms with E-state index in [0.29, 0.717) is 6.42 Å². The van der Waals surface area contributed by atoms with Crippen molar-refractivity contribution in [2.24, 2.45) is 11.3 Å². The fourth-order valence-corrected chi connectivity index (χ4v) is 5.07. The minimum Gasteiger partial charge on any atom is -0.468 e. The van der Waals surface area contributed by atoms with Gasteiger partial charge in [-0.3, -0.25) is 9.59 Å². The summed E-state index contributed by atoms with van der Waals surface area (Å²) in [5.41, 5.74) is 3.71. The second-order valence-electron chi connectivity index (χ2n) is 9.17. The van der Waals surface area contributed by atoms with E-state index in [4.69, 9.17) is 4.74 Å². The van der Waals surface area contributed by atoms with Gasteiger partial charge in [0.05, 0.1) is 24.5 Å². The van der Waals surface area contributed by atoms with Crippen molar-refractivity contribution in [3.05, 3.63) is 47.7 Å². The number of nitrogens with zero attached hydrogens (tertiary/aromatic N) is 1. The summed E-state index contributed by atoms with van der Waals surface area (Å²) >= 11 is 0. The first-order chi connectivity index (χ1) is 13.9. The number of para-hydroxylation sites is 2. The first-order valence-corrected chi connectivity index (χ1v) is 10.5. The molecule has 1 heterocycles. The number of rotatable bonds is 3. The molecule has 3 aliphatic rings. The van der Waals surface area contributed by atoms with Crippen molar-refractivity contribution in [1.82, 2.24) is 0 Å². The summed E-state index contributed by atoms with van der Waals surface area (Å²) in [5.74, 6) is 0.197. The molecule has 0 unspecified atom stereocenters. The predicted octanol–water partition coefficient (Wildman–Crippen LogP) is 4.46. The van der Waals surface area contributed by atoms with E-state index in [2.05, 4.69) is 36.2 Å². The summed E-state index contributed by atoms with van der Waals surface area (Å²) in [7, 11) is 1.42. The van der Waals surface area contributed by atoms with Gasteiger partial charge in [0.15, 0.2) is 5.78 Å². The molecule has 5 heteroatoms. The van der Waals surface area contributed by atoms with Gasteiger partial charge in [0.25, 0.3) is 0 Å². The van der Waals surface area contributed by atoms with Crippen LogP contribution in [0.2, 0.25) is 0 Å². The third-order valence-corrected chi connectivity index (χ3v) is 6.33. The van der Waals surface area contributed by atoms with Crippen molar-refractivity contribution in [3.8, 4) is 0 Å². The van der Waals surface area contributed by atoms with E-state index in [1.807, 2.05) is 24.3 Å². The lowest BCUT2D eigenvalue weighted by molar-refractivity contribution is -0.139. The number of anilines is 2. The maximum absolute atomic E-state index is 13.4. The lowest BCUT2D eigenvalue weighted by Gasteiger charge is -2.41. The first-order valence-electron chi connectivity index (χ1n) is 10.5.